The fourth-order valence-electron chi connectivity index (χ4n) is 4.21. The number of benzene rings is 4. The zero-order valence-electron chi connectivity index (χ0n) is 20.7. The summed E-state index contributed by atoms with van der Waals surface area (Å²) in [5, 5.41) is 0. The molecular formula is C32H26N4Pt. The van der Waals surface area contributed by atoms with E-state index in [2.05, 4.69) is 46.4 Å². The van der Waals surface area contributed by atoms with E-state index in [1.165, 1.54) is 11.1 Å². The number of rotatable bonds is 4. The molecule has 0 radical (unpaired) electrons. The molecule has 4 aromatic carbocycles. The van der Waals surface area contributed by atoms with Gasteiger partial charge in [-0.15, -0.1) is 71.8 Å². The third-order valence-electron chi connectivity index (χ3n) is 5.90. The van der Waals surface area contributed by atoms with Gasteiger partial charge in [-0.25, -0.2) is 0 Å². The molecule has 6 aromatic rings. The van der Waals surface area contributed by atoms with Crippen molar-refractivity contribution in [1.82, 2.24) is 19.1 Å². The van der Waals surface area contributed by atoms with Crippen molar-refractivity contribution in [3.8, 4) is 45.0 Å². The van der Waals surface area contributed by atoms with E-state index in [0.717, 1.165) is 33.9 Å². The molecule has 0 N–H and O–H groups in total. The van der Waals surface area contributed by atoms with Crippen LogP contribution in [0.2, 0.25) is 0 Å². The molecule has 0 aliphatic carbocycles. The molecule has 184 valence electrons. The first-order chi connectivity index (χ1) is 17.7. The van der Waals surface area contributed by atoms with Crippen molar-refractivity contribution in [1.29, 1.82) is 0 Å². The number of aryl methyl sites for hydroxylation is 2. The van der Waals surface area contributed by atoms with Crippen molar-refractivity contribution in [2.75, 3.05) is 0 Å². The minimum Gasteiger partial charge on any atom is -0.342 e. The Morgan fingerprint density at radius 3 is 1.24 bits per heavy atom. The Hall–Kier alpha value is -4.01. The standard InChI is InChI=1S/2C16H13N2.Pt/c2*1-18-12-17-15(13-8-4-2-5-9-13)16(18)14-10-6-3-7-11-14;/h2*2-8,10-12H,1H3;/q2*-1;+2. The predicted molar refractivity (Wildman–Crippen MR) is 146 cm³/mol. The zero-order valence-corrected chi connectivity index (χ0v) is 22.9. The Morgan fingerprint density at radius 2 is 0.892 bits per heavy atom. The molecule has 0 aliphatic rings. The van der Waals surface area contributed by atoms with Crippen LogP contribution in [0.15, 0.2) is 122 Å². The summed E-state index contributed by atoms with van der Waals surface area (Å²) in [6.45, 7) is 0. The number of imidazole rings is 2. The van der Waals surface area contributed by atoms with Crippen LogP contribution in [0, 0.1) is 12.1 Å². The van der Waals surface area contributed by atoms with Gasteiger partial charge in [-0.3, -0.25) is 9.97 Å². The van der Waals surface area contributed by atoms with Gasteiger partial charge in [0.25, 0.3) is 0 Å². The molecule has 2 aromatic heterocycles. The van der Waals surface area contributed by atoms with Crippen LogP contribution in [-0.4, -0.2) is 19.1 Å². The van der Waals surface area contributed by atoms with E-state index in [0.29, 0.717) is 0 Å². The maximum absolute atomic E-state index is 4.49. The average Bonchev–Trinajstić information content (AvgIpc) is 3.53. The van der Waals surface area contributed by atoms with Crippen molar-refractivity contribution in [2.45, 2.75) is 0 Å². The SMILES string of the molecule is Cn1cnc(-c2[c-]cccc2)c1-c1ccccc1.Cn1cnc(-c2[c-]cccc2)c1-c1ccccc1.[Pt+2]. The van der Waals surface area contributed by atoms with E-state index in [9.17, 15) is 0 Å². The van der Waals surface area contributed by atoms with Crippen LogP contribution in [0.1, 0.15) is 0 Å². The third-order valence-corrected chi connectivity index (χ3v) is 5.90. The Kier molecular flexibility index (Phi) is 8.66. The largest absolute Gasteiger partial charge is 2.00 e. The summed E-state index contributed by atoms with van der Waals surface area (Å²) in [5.74, 6) is 0. The summed E-state index contributed by atoms with van der Waals surface area (Å²) in [6, 6.07) is 42.9. The van der Waals surface area contributed by atoms with Crippen LogP contribution < -0.4 is 0 Å². The van der Waals surface area contributed by atoms with Gasteiger partial charge in [-0.2, -0.15) is 0 Å². The van der Waals surface area contributed by atoms with Crippen molar-refractivity contribution < 1.29 is 21.1 Å². The number of aromatic nitrogens is 4. The molecule has 0 fully saturated rings. The maximum atomic E-state index is 4.49. The minimum atomic E-state index is 0. The van der Waals surface area contributed by atoms with Crippen molar-refractivity contribution >= 4 is 0 Å². The van der Waals surface area contributed by atoms with Crippen molar-refractivity contribution in [3.63, 3.8) is 0 Å². The fraction of sp³-hybridized carbons (Fsp3) is 0.0625. The van der Waals surface area contributed by atoms with Crippen LogP contribution in [0.3, 0.4) is 0 Å². The van der Waals surface area contributed by atoms with E-state index in [-0.39, 0.29) is 21.1 Å². The molecule has 0 amide bonds. The molecule has 0 saturated heterocycles. The molecule has 6 rings (SSSR count). The van der Waals surface area contributed by atoms with Crippen LogP contribution >= 0.6 is 0 Å². The summed E-state index contributed by atoms with van der Waals surface area (Å²) in [4.78, 5) is 8.99. The first-order valence-electron chi connectivity index (χ1n) is 11.8. The molecule has 4 nitrogen and oxygen atoms in total. The van der Waals surface area contributed by atoms with Gasteiger partial charge in [0.1, 0.15) is 0 Å². The summed E-state index contributed by atoms with van der Waals surface area (Å²) >= 11 is 0. The smallest absolute Gasteiger partial charge is 0.342 e. The molecule has 2 heterocycles. The van der Waals surface area contributed by atoms with Gasteiger partial charge >= 0.3 is 21.1 Å². The first kappa shape index (κ1) is 26.1. The monoisotopic (exact) mass is 661 g/mol. The molecule has 0 unspecified atom stereocenters. The molecule has 0 saturated carbocycles. The van der Waals surface area contributed by atoms with Crippen LogP contribution in [-0.2, 0) is 35.2 Å². The van der Waals surface area contributed by atoms with Crippen molar-refractivity contribution in [2.24, 2.45) is 14.1 Å². The molecule has 0 atom stereocenters. The molecule has 0 spiro atoms. The van der Waals surface area contributed by atoms with Gasteiger partial charge in [-0.05, 0) is 11.1 Å². The Labute approximate surface area is 232 Å². The molecule has 0 aliphatic heterocycles. The van der Waals surface area contributed by atoms with E-state index in [4.69, 9.17) is 0 Å². The molecule has 0 bridgehead atoms. The van der Waals surface area contributed by atoms with E-state index < -0.39 is 0 Å². The van der Waals surface area contributed by atoms with Gasteiger partial charge in [-0.1, -0.05) is 60.7 Å². The second kappa shape index (κ2) is 12.3. The van der Waals surface area contributed by atoms with Crippen molar-refractivity contribution in [3.05, 3.63) is 134 Å². The Bertz CT molecular complexity index is 1400. The van der Waals surface area contributed by atoms with Gasteiger partial charge in [0.2, 0.25) is 0 Å². The van der Waals surface area contributed by atoms with Crippen LogP contribution in [0.4, 0.5) is 0 Å². The summed E-state index contributed by atoms with van der Waals surface area (Å²) in [6.07, 6.45) is 3.69. The summed E-state index contributed by atoms with van der Waals surface area (Å²) in [7, 11) is 4.03. The third kappa shape index (κ3) is 5.87. The second-order valence-corrected chi connectivity index (χ2v) is 8.39. The van der Waals surface area contributed by atoms with Crippen LogP contribution in [0.25, 0.3) is 45.0 Å². The van der Waals surface area contributed by atoms with Gasteiger partial charge in [0.15, 0.2) is 0 Å². The molecule has 5 heteroatoms. The predicted octanol–water partition coefficient (Wildman–Crippen LogP) is 7.11. The molecular weight excluding hydrogens is 635 g/mol. The topological polar surface area (TPSA) is 35.6 Å². The van der Waals surface area contributed by atoms with E-state index >= 15 is 0 Å². The Balaban J connectivity index is 0.000000168. The molecule has 37 heavy (non-hydrogen) atoms. The average molecular weight is 662 g/mol. The Morgan fingerprint density at radius 1 is 0.514 bits per heavy atom. The normalized spacial score (nSPS) is 10.2. The second-order valence-electron chi connectivity index (χ2n) is 8.39. The first-order valence-corrected chi connectivity index (χ1v) is 11.8. The number of hydrogen-bond donors (Lipinski definition) is 0. The van der Waals surface area contributed by atoms with Gasteiger partial charge in [0.05, 0.1) is 12.7 Å². The summed E-state index contributed by atoms with van der Waals surface area (Å²) in [5.41, 5.74) is 8.59. The number of nitrogens with zero attached hydrogens (tertiary/aromatic N) is 4. The zero-order chi connectivity index (χ0) is 24.7. The van der Waals surface area contributed by atoms with E-state index in [1.54, 1.807) is 0 Å². The van der Waals surface area contributed by atoms with E-state index in [1.807, 2.05) is 121 Å². The van der Waals surface area contributed by atoms with Gasteiger partial charge in [0, 0.05) is 36.9 Å². The minimum absolute atomic E-state index is 0. The summed E-state index contributed by atoms with van der Waals surface area (Å²) < 4.78 is 4.09. The fourth-order valence-corrected chi connectivity index (χ4v) is 4.21. The quantitative estimate of drug-likeness (QED) is 0.189. The van der Waals surface area contributed by atoms with Gasteiger partial charge < -0.3 is 9.13 Å². The van der Waals surface area contributed by atoms with Crippen LogP contribution in [0.5, 0.6) is 0 Å². The maximum Gasteiger partial charge on any atom is 2.00 e. The number of hydrogen-bond acceptors (Lipinski definition) is 2.